The molecule has 2 aromatic heterocycles. The fourth-order valence-corrected chi connectivity index (χ4v) is 3.31. The predicted molar refractivity (Wildman–Crippen MR) is 72.7 cm³/mol. The highest BCUT2D eigenvalue weighted by Gasteiger charge is 2.09. The summed E-state index contributed by atoms with van der Waals surface area (Å²) in [5.74, 6) is 0. The molecular formula is C11H13ClN2S2. The Labute approximate surface area is 108 Å². The number of nitrogens with one attached hydrogen (secondary N) is 1. The number of hydrogen-bond acceptors (Lipinski definition) is 4. The molecule has 2 rings (SSSR count). The van der Waals surface area contributed by atoms with Crippen LogP contribution in [0.25, 0.3) is 9.88 Å². The number of thiophene rings is 1. The molecule has 2 heterocycles. The zero-order valence-electron chi connectivity index (χ0n) is 9.16. The fourth-order valence-electron chi connectivity index (χ4n) is 1.36. The first-order chi connectivity index (χ1) is 7.69. The molecule has 5 heteroatoms. The van der Waals surface area contributed by atoms with E-state index in [9.17, 15) is 0 Å². The van der Waals surface area contributed by atoms with Crippen LogP contribution in [0.1, 0.15) is 12.6 Å². The van der Waals surface area contributed by atoms with E-state index in [2.05, 4.69) is 22.6 Å². The lowest BCUT2D eigenvalue weighted by Crippen LogP contribution is -2.23. The van der Waals surface area contributed by atoms with Crippen molar-refractivity contribution >= 4 is 34.3 Å². The number of nitrogens with zero attached hydrogens (tertiary/aromatic N) is 1. The predicted octanol–water partition coefficient (Wildman–Crippen LogP) is 3.68. The lowest BCUT2D eigenvalue weighted by Gasteiger charge is -2.06. The average Bonchev–Trinajstić information content (AvgIpc) is 2.87. The molecule has 0 aromatic carbocycles. The Morgan fingerprint density at radius 2 is 2.31 bits per heavy atom. The van der Waals surface area contributed by atoms with Crippen LogP contribution in [0.2, 0.25) is 4.34 Å². The Balaban J connectivity index is 2.13. The molecule has 0 aliphatic heterocycles. The van der Waals surface area contributed by atoms with Gasteiger partial charge in [-0.1, -0.05) is 11.6 Å². The van der Waals surface area contributed by atoms with E-state index in [0.717, 1.165) is 26.3 Å². The van der Waals surface area contributed by atoms with Crippen LogP contribution in [0.15, 0.2) is 17.5 Å². The minimum atomic E-state index is 0.460. The van der Waals surface area contributed by atoms with Crippen LogP contribution in [0.5, 0.6) is 0 Å². The van der Waals surface area contributed by atoms with Gasteiger partial charge in [0, 0.05) is 17.8 Å². The number of likely N-dealkylation sites (N-methyl/N-ethyl adjacent to an activating group) is 1. The van der Waals surface area contributed by atoms with Gasteiger partial charge in [-0.05, 0) is 26.1 Å². The first kappa shape index (κ1) is 12.0. The Bertz CT molecular complexity index is 464. The van der Waals surface area contributed by atoms with Crippen LogP contribution < -0.4 is 5.32 Å². The Morgan fingerprint density at radius 1 is 1.50 bits per heavy atom. The lowest BCUT2D eigenvalue weighted by atomic mass is 10.2. The van der Waals surface area contributed by atoms with Gasteiger partial charge in [-0.3, -0.25) is 0 Å². The van der Waals surface area contributed by atoms with E-state index in [1.54, 1.807) is 22.7 Å². The van der Waals surface area contributed by atoms with Crippen molar-refractivity contribution in [2.24, 2.45) is 0 Å². The van der Waals surface area contributed by atoms with Crippen LogP contribution in [-0.2, 0) is 6.42 Å². The third-order valence-corrected chi connectivity index (χ3v) is 4.64. The maximum absolute atomic E-state index is 5.91. The second-order valence-electron chi connectivity index (χ2n) is 3.64. The van der Waals surface area contributed by atoms with Gasteiger partial charge in [0.2, 0.25) is 0 Å². The minimum absolute atomic E-state index is 0.460. The number of hydrogen-bond donors (Lipinski definition) is 1. The third-order valence-electron chi connectivity index (χ3n) is 2.34. The zero-order chi connectivity index (χ0) is 11.5. The molecule has 1 unspecified atom stereocenters. The van der Waals surface area contributed by atoms with E-state index in [1.807, 2.05) is 19.2 Å². The van der Waals surface area contributed by atoms with Gasteiger partial charge >= 0.3 is 0 Å². The number of thiazole rings is 1. The van der Waals surface area contributed by atoms with Crippen molar-refractivity contribution < 1.29 is 0 Å². The van der Waals surface area contributed by atoms with Crippen molar-refractivity contribution in [3.05, 3.63) is 27.5 Å². The molecule has 0 fully saturated rings. The van der Waals surface area contributed by atoms with Crippen molar-refractivity contribution in [2.45, 2.75) is 19.4 Å². The van der Waals surface area contributed by atoms with Gasteiger partial charge in [-0.15, -0.1) is 22.7 Å². The SMILES string of the molecule is CNC(C)Cc1csc(-c2ccc(Cl)s2)n1. The van der Waals surface area contributed by atoms with E-state index in [4.69, 9.17) is 11.6 Å². The summed E-state index contributed by atoms with van der Waals surface area (Å²) in [6, 6.07) is 4.40. The summed E-state index contributed by atoms with van der Waals surface area (Å²) in [6.07, 6.45) is 0.964. The van der Waals surface area contributed by atoms with Gasteiger partial charge in [0.15, 0.2) is 0 Å². The molecule has 0 spiro atoms. The van der Waals surface area contributed by atoms with Gasteiger partial charge in [0.25, 0.3) is 0 Å². The normalized spacial score (nSPS) is 12.9. The van der Waals surface area contributed by atoms with E-state index < -0.39 is 0 Å². The summed E-state index contributed by atoms with van der Waals surface area (Å²) in [7, 11) is 1.97. The molecule has 16 heavy (non-hydrogen) atoms. The number of aromatic nitrogens is 1. The number of rotatable bonds is 4. The van der Waals surface area contributed by atoms with Gasteiger partial charge in [-0.25, -0.2) is 4.98 Å². The quantitative estimate of drug-likeness (QED) is 0.919. The maximum Gasteiger partial charge on any atom is 0.133 e. The zero-order valence-corrected chi connectivity index (χ0v) is 11.5. The van der Waals surface area contributed by atoms with Gasteiger partial charge in [0.05, 0.1) is 14.9 Å². The second kappa shape index (κ2) is 5.27. The molecule has 0 aliphatic carbocycles. The van der Waals surface area contributed by atoms with Crippen LogP contribution in [0.4, 0.5) is 0 Å². The Morgan fingerprint density at radius 3 is 2.94 bits per heavy atom. The van der Waals surface area contributed by atoms with Crippen molar-refractivity contribution in [1.29, 1.82) is 0 Å². The molecule has 2 nitrogen and oxygen atoms in total. The van der Waals surface area contributed by atoms with Crippen molar-refractivity contribution in [2.75, 3.05) is 7.05 Å². The highest BCUT2D eigenvalue weighted by Crippen LogP contribution is 2.32. The third kappa shape index (κ3) is 2.83. The van der Waals surface area contributed by atoms with Gasteiger partial charge in [0.1, 0.15) is 5.01 Å². The summed E-state index contributed by atoms with van der Waals surface area (Å²) in [6.45, 7) is 2.15. The number of halogens is 1. The van der Waals surface area contributed by atoms with Gasteiger partial charge < -0.3 is 5.32 Å². The standard InChI is InChI=1S/C11H13ClN2S2/c1-7(13-2)5-8-6-15-11(14-8)9-3-4-10(12)16-9/h3-4,6-7,13H,5H2,1-2H3. The summed E-state index contributed by atoms with van der Waals surface area (Å²) < 4.78 is 0.815. The summed E-state index contributed by atoms with van der Waals surface area (Å²) in [4.78, 5) is 5.76. The first-order valence-electron chi connectivity index (χ1n) is 5.06. The molecule has 0 saturated carbocycles. The molecular weight excluding hydrogens is 260 g/mol. The van der Waals surface area contributed by atoms with Crippen LogP contribution in [0.3, 0.4) is 0 Å². The molecule has 1 atom stereocenters. The van der Waals surface area contributed by atoms with Crippen LogP contribution in [0, 0.1) is 0 Å². The molecule has 0 bridgehead atoms. The largest absolute Gasteiger partial charge is 0.317 e. The fraction of sp³-hybridized carbons (Fsp3) is 0.364. The molecule has 86 valence electrons. The first-order valence-corrected chi connectivity index (χ1v) is 7.14. The topological polar surface area (TPSA) is 24.9 Å². The molecule has 1 N–H and O–H groups in total. The molecule has 0 radical (unpaired) electrons. The highest BCUT2D eigenvalue weighted by atomic mass is 35.5. The molecule has 0 aliphatic rings. The van der Waals surface area contributed by atoms with Crippen LogP contribution >= 0.6 is 34.3 Å². The summed E-state index contributed by atoms with van der Waals surface area (Å²) in [5.41, 5.74) is 1.14. The van der Waals surface area contributed by atoms with Crippen molar-refractivity contribution in [3.63, 3.8) is 0 Å². The lowest BCUT2D eigenvalue weighted by molar-refractivity contribution is 0.602. The molecule has 0 saturated heterocycles. The highest BCUT2D eigenvalue weighted by molar-refractivity contribution is 7.23. The smallest absolute Gasteiger partial charge is 0.133 e. The van der Waals surface area contributed by atoms with E-state index >= 15 is 0 Å². The molecule has 2 aromatic rings. The summed E-state index contributed by atoms with van der Waals surface area (Å²) >= 11 is 9.17. The minimum Gasteiger partial charge on any atom is -0.317 e. The Kier molecular flexibility index (Phi) is 3.97. The van der Waals surface area contributed by atoms with Crippen molar-refractivity contribution in [1.82, 2.24) is 10.3 Å². The maximum atomic E-state index is 5.91. The van der Waals surface area contributed by atoms with Gasteiger partial charge in [-0.2, -0.15) is 0 Å². The molecule has 0 amide bonds. The Hall–Kier alpha value is -0.420. The monoisotopic (exact) mass is 272 g/mol. The van der Waals surface area contributed by atoms with E-state index in [-0.39, 0.29) is 0 Å². The van der Waals surface area contributed by atoms with E-state index in [0.29, 0.717) is 6.04 Å². The summed E-state index contributed by atoms with van der Waals surface area (Å²) in [5, 5.41) is 6.40. The average molecular weight is 273 g/mol. The van der Waals surface area contributed by atoms with Crippen molar-refractivity contribution in [3.8, 4) is 9.88 Å². The van der Waals surface area contributed by atoms with Crippen LogP contribution in [-0.4, -0.2) is 18.1 Å². The second-order valence-corrected chi connectivity index (χ2v) is 6.21. The van der Waals surface area contributed by atoms with E-state index in [1.165, 1.54) is 0 Å².